The number of anilines is 4. The Labute approximate surface area is 327 Å². The normalized spacial score (nSPS) is 14.3. The maximum absolute atomic E-state index is 2.48. The van der Waals surface area contributed by atoms with E-state index in [4.69, 9.17) is 0 Å². The fourth-order valence-corrected chi connectivity index (χ4v) is 9.02. The lowest BCUT2D eigenvalue weighted by Gasteiger charge is -2.31. The molecule has 0 spiro atoms. The van der Waals surface area contributed by atoms with E-state index in [9.17, 15) is 0 Å². The van der Waals surface area contributed by atoms with E-state index in [0.29, 0.717) is 0 Å². The van der Waals surface area contributed by atoms with Crippen LogP contribution in [-0.4, -0.2) is 6.04 Å². The summed E-state index contributed by atoms with van der Waals surface area (Å²) in [5.41, 5.74) is 10.8. The largest absolute Gasteiger partial charge is 0.326 e. The Bertz CT molecular complexity index is 2410. The van der Waals surface area contributed by atoms with Crippen LogP contribution < -0.4 is 9.80 Å². The van der Waals surface area contributed by atoms with Gasteiger partial charge in [-0.15, -0.1) is 22.7 Å². The summed E-state index contributed by atoms with van der Waals surface area (Å²) in [5.74, 6) is 0. The molecule has 0 saturated heterocycles. The van der Waals surface area contributed by atoms with Crippen molar-refractivity contribution in [2.45, 2.75) is 26.3 Å². The van der Waals surface area contributed by atoms with Crippen molar-refractivity contribution in [2.75, 3.05) is 9.80 Å². The number of rotatable bonds is 11. The molecule has 54 heavy (non-hydrogen) atoms. The van der Waals surface area contributed by atoms with Crippen LogP contribution in [0.15, 0.2) is 206 Å². The van der Waals surface area contributed by atoms with Gasteiger partial charge in [-0.05, 0) is 115 Å². The van der Waals surface area contributed by atoms with E-state index in [1.807, 2.05) is 22.7 Å². The first-order valence-electron chi connectivity index (χ1n) is 18.4. The summed E-state index contributed by atoms with van der Waals surface area (Å²) >= 11 is 3.69. The van der Waals surface area contributed by atoms with Gasteiger partial charge in [-0.1, -0.05) is 134 Å². The zero-order valence-electron chi connectivity index (χ0n) is 30.5. The first-order chi connectivity index (χ1) is 26.6. The van der Waals surface area contributed by atoms with Crippen LogP contribution in [0.2, 0.25) is 0 Å². The van der Waals surface area contributed by atoms with Crippen molar-refractivity contribution in [3.8, 4) is 31.3 Å². The number of para-hydroxylation sites is 1. The van der Waals surface area contributed by atoms with Crippen LogP contribution in [0, 0.1) is 0 Å². The minimum Gasteiger partial charge on any atom is -0.326 e. The Kier molecular flexibility index (Phi) is 10.7. The lowest BCUT2D eigenvalue weighted by molar-refractivity contribution is 0.790. The number of nitrogens with zero attached hydrogens (tertiary/aromatic N) is 2. The van der Waals surface area contributed by atoms with Crippen molar-refractivity contribution in [1.29, 1.82) is 0 Å². The van der Waals surface area contributed by atoms with Gasteiger partial charge in [0.25, 0.3) is 0 Å². The van der Waals surface area contributed by atoms with Crippen molar-refractivity contribution in [1.82, 2.24) is 0 Å². The van der Waals surface area contributed by atoms with Crippen molar-refractivity contribution in [3.63, 3.8) is 0 Å². The van der Waals surface area contributed by atoms with Crippen molar-refractivity contribution < 1.29 is 0 Å². The molecule has 2 nitrogen and oxygen atoms in total. The van der Waals surface area contributed by atoms with Crippen LogP contribution in [0.1, 0.15) is 25.8 Å². The Morgan fingerprint density at radius 2 is 1.06 bits per heavy atom. The minimum atomic E-state index is 0.270. The maximum atomic E-state index is 2.48. The lowest BCUT2D eigenvalue weighted by Crippen LogP contribution is -2.29. The number of hydrogen-bond donors (Lipinski definition) is 0. The highest BCUT2D eigenvalue weighted by molar-refractivity contribution is 7.19. The smallest absolute Gasteiger partial charge is 0.0965 e. The first kappa shape index (κ1) is 35.1. The van der Waals surface area contributed by atoms with Gasteiger partial charge in [0.05, 0.1) is 11.0 Å². The monoisotopic (exact) mass is 734 g/mol. The molecule has 2 aromatic heterocycles. The zero-order valence-corrected chi connectivity index (χ0v) is 32.2. The zero-order chi connectivity index (χ0) is 36.7. The van der Waals surface area contributed by atoms with Gasteiger partial charge < -0.3 is 9.80 Å². The molecule has 0 N–H and O–H groups in total. The van der Waals surface area contributed by atoms with E-state index in [1.165, 1.54) is 53.1 Å². The minimum absolute atomic E-state index is 0.270. The molecule has 1 aliphatic carbocycles. The summed E-state index contributed by atoms with van der Waals surface area (Å²) in [7, 11) is 0. The molecule has 0 aliphatic heterocycles. The van der Waals surface area contributed by atoms with E-state index < -0.39 is 0 Å². The van der Waals surface area contributed by atoms with Crippen LogP contribution in [0.25, 0.3) is 36.9 Å². The predicted molar refractivity (Wildman–Crippen MR) is 236 cm³/mol. The fraction of sp³-hybridized carbons (Fsp3) is 0.0800. The number of hydrogen-bond acceptors (Lipinski definition) is 4. The van der Waals surface area contributed by atoms with Crippen molar-refractivity contribution in [3.05, 3.63) is 212 Å². The van der Waals surface area contributed by atoms with Crippen molar-refractivity contribution in [2.24, 2.45) is 0 Å². The molecule has 0 fully saturated rings. The molecule has 8 rings (SSSR count). The number of thiophene rings is 2. The summed E-state index contributed by atoms with van der Waals surface area (Å²) in [6.45, 7) is 4.34. The van der Waals surface area contributed by atoms with Gasteiger partial charge in [-0.25, -0.2) is 0 Å². The van der Waals surface area contributed by atoms with Gasteiger partial charge in [0.15, 0.2) is 0 Å². The molecule has 0 radical (unpaired) electrons. The Morgan fingerprint density at radius 3 is 1.69 bits per heavy atom. The Balaban J connectivity index is 1.03. The summed E-state index contributed by atoms with van der Waals surface area (Å²) in [6, 6.07) is 59.2. The average Bonchev–Trinajstić information content (AvgIpc) is 3.94. The highest BCUT2D eigenvalue weighted by Gasteiger charge is 2.21. The van der Waals surface area contributed by atoms with Crippen LogP contribution in [0.5, 0.6) is 0 Å². The summed E-state index contributed by atoms with van der Waals surface area (Å²) < 4.78 is 0. The third kappa shape index (κ3) is 7.86. The lowest BCUT2D eigenvalue weighted by atomic mass is 10.1. The van der Waals surface area contributed by atoms with E-state index in [1.54, 1.807) is 0 Å². The summed E-state index contributed by atoms with van der Waals surface area (Å²) in [4.78, 5) is 8.61. The standard InChI is InChI=1S/C50H42N2S2/c1-37(39-15-7-3-8-16-39)23-24-38(2)51(43-19-11-5-12-20-43)45-29-25-41(26-30-45)47-33-34-48(53-47)42-27-31-46(32-28-42)52(44-21-13-6-14-22-44)50-36-35-49(54-50)40-17-9-4-10-18-40/h3-21,23-36,44H,22H2,1-2H3/b37-23+,38-24+. The van der Waals surface area contributed by atoms with Gasteiger partial charge in [0.2, 0.25) is 0 Å². The van der Waals surface area contributed by atoms with Crippen LogP contribution >= 0.6 is 22.7 Å². The molecule has 7 aromatic rings. The second kappa shape index (κ2) is 16.4. The average molecular weight is 735 g/mol. The second-order valence-corrected chi connectivity index (χ2v) is 15.6. The molecule has 2 heterocycles. The predicted octanol–water partition coefficient (Wildman–Crippen LogP) is 15.0. The van der Waals surface area contributed by atoms with E-state index in [0.717, 1.165) is 23.5 Å². The molecule has 4 heteroatoms. The molecule has 0 bridgehead atoms. The molecular formula is C50H42N2S2. The van der Waals surface area contributed by atoms with Crippen LogP contribution in [0.4, 0.5) is 22.1 Å². The van der Waals surface area contributed by atoms with Crippen molar-refractivity contribution >= 4 is 50.3 Å². The van der Waals surface area contributed by atoms with Gasteiger partial charge in [-0.3, -0.25) is 0 Å². The second-order valence-electron chi connectivity index (χ2n) is 13.4. The molecule has 0 saturated carbocycles. The molecule has 264 valence electrons. The summed E-state index contributed by atoms with van der Waals surface area (Å²) in [6.07, 6.45) is 14.3. The SMILES string of the molecule is C/C(=C\C=C(/C)N(c1ccccc1)c1ccc(-c2ccc(-c3ccc(N(c4ccc(-c5ccccc5)s4)C4C=CC=CC4)cc3)s2)cc1)c1ccccc1. The van der Waals surface area contributed by atoms with E-state index in [-0.39, 0.29) is 6.04 Å². The number of allylic oxidation sites excluding steroid dienone is 6. The Morgan fingerprint density at radius 1 is 0.519 bits per heavy atom. The highest BCUT2D eigenvalue weighted by atomic mass is 32.1. The van der Waals surface area contributed by atoms with Gasteiger partial charge in [0.1, 0.15) is 0 Å². The molecular weight excluding hydrogens is 693 g/mol. The quantitative estimate of drug-likeness (QED) is 0.122. The Hall–Kier alpha value is -5.94. The third-order valence-corrected chi connectivity index (χ3v) is 12.1. The van der Waals surface area contributed by atoms with Gasteiger partial charge in [0, 0.05) is 37.4 Å². The maximum Gasteiger partial charge on any atom is 0.0965 e. The fourth-order valence-electron chi connectivity index (χ4n) is 6.92. The molecule has 1 unspecified atom stereocenters. The van der Waals surface area contributed by atoms with Gasteiger partial charge >= 0.3 is 0 Å². The topological polar surface area (TPSA) is 6.48 Å². The van der Waals surface area contributed by atoms with E-state index in [2.05, 4.69) is 224 Å². The number of benzene rings is 5. The van der Waals surface area contributed by atoms with Gasteiger partial charge in [-0.2, -0.15) is 0 Å². The molecule has 5 aromatic carbocycles. The molecule has 0 amide bonds. The molecule has 1 aliphatic rings. The van der Waals surface area contributed by atoms with Crippen LogP contribution in [0.3, 0.4) is 0 Å². The van der Waals surface area contributed by atoms with Crippen LogP contribution in [-0.2, 0) is 0 Å². The highest BCUT2D eigenvalue weighted by Crippen LogP contribution is 2.42. The third-order valence-electron chi connectivity index (χ3n) is 9.79. The summed E-state index contributed by atoms with van der Waals surface area (Å²) in [5, 5.41) is 1.25. The van der Waals surface area contributed by atoms with E-state index >= 15 is 0 Å². The first-order valence-corrected chi connectivity index (χ1v) is 20.1. The molecule has 1 atom stereocenters.